The van der Waals surface area contributed by atoms with Crippen molar-refractivity contribution in [3.05, 3.63) is 27.7 Å². The molecular weight excluding hydrogens is 303 g/mol. The zero-order valence-corrected chi connectivity index (χ0v) is 11.3. The lowest BCUT2D eigenvalue weighted by atomic mass is 10.0. The van der Waals surface area contributed by atoms with Gasteiger partial charge in [0.25, 0.3) is 0 Å². The number of benzene rings is 1. The van der Waals surface area contributed by atoms with Crippen LogP contribution in [-0.4, -0.2) is 23.6 Å². The van der Waals surface area contributed by atoms with E-state index >= 15 is 0 Å². The first-order chi connectivity index (χ1) is 8.73. The van der Waals surface area contributed by atoms with Gasteiger partial charge < -0.3 is 15.6 Å². The molecule has 8 heteroatoms. The summed E-state index contributed by atoms with van der Waals surface area (Å²) in [5.41, 5.74) is 4.92. The number of rotatable bonds is 4. The predicted molar refractivity (Wildman–Crippen MR) is 66.6 cm³/mol. The van der Waals surface area contributed by atoms with Crippen molar-refractivity contribution in [2.24, 2.45) is 5.73 Å². The lowest BCUT2D eigenvalue weighted by Crippen LogP contribution is -2.41. The molecule has 0 saturated heterocycles. The highest BCUT2D eigenvalue weighted by Crippen LogP contribution is 2.41. The van der Waals surface area contributed by atoms with E-state index in [1.54, 1.807) is 0 Å². The Morgan fingerprint density at radius 3 is 2.63 bits per heavy atom. The zero-order chi connectivity index (χ0) is 14.8. The van der Waals surface area contributed by atoms with E-state index in [0.29, 0.717) is 0 Å². The van der Waals surface area contributed by atoms with Crippen LogP contribution >= 0.6 is 23.2 Å². The van der Waals surface area contributed by atoms with Crippen molar-refractivity contribution in [3.8, 4) is 5.75 Å². The molecule has 4 nitrogen and oxygen atoms in total. The average molecular weight is 314 g/mol. The Labute approximate surface area is 118 Å². The summed E-state index contributed by atoms with van der Waals surface area (Å²) in [7, 11) is 0. The molecule has 1 rings (SSSR count). The van der Waals surface area contributed by atoms with Gasteiger partial charge in [-0.3, -0.25) is 0 Å². The number of nitrogens with two attached hydrogens (primary N) is 1. The third-order valence-electron chi connectivity index (χ3n) is 2.37. The van der Waals surface area contributed by atoms with Gasteiger partial charge in [-0.05, 0) is 13.0 Å². The molecule has 0 aliphatic rings. The first-order valence-electron chi connectivity index (χ1n) is 5.20. The van der Waals surface area contributed by atoms with Crippen molar-refractivity contribution in [3.63, 3.8) is 0 Å². The number of aromatic hydroxyl groups is 1. The van der Waals surface area contributed by atoms with E-state index in [0.717, 1.165) is 6.07 Å². The van der Waals surface area contributed by atoms with E-state index < -0.39 is 29.2 Å². The lowest BCUT2D eigenvalue weighted by molar-refractivity contribution is -0.174. The van der Waals surface area contributed by atoms with E-state index in [2.05, 4.69) is 4.74 Å². The Hall–Kier alpha value is -1.11. The fourth-order valence-corrected chi connectivity index (χ4v) is 1.68. The maximum atomic E-state index is 13.7. The number of alkyl halides is 2. The molecule has 19 heavy (non-hydrogen) atoms. The van der Waals surface area contributed by atoms with Gasteiger partial charge in [-0.1, -0.05) is 29.3 Å². The Morgan fingerprint density at radius 1 is 1.53 bits per heavy atom. The third-order valence-corrected chi connectivity index (χ3v) is 3.17. The van der Waals surface area contributed by atoms with Crippen molar-refractivity contribution < 1.29 is 23.4 Å². The van der Waals surface area contributed by atoms with Crippen LogP contribution in [0, 0.1) is 0 Å². The highest BCUT2D eigenvalue weighted by atomic mass is 35.5. The molecule has 1 atom stereocenters. The van der Waals surface area contributed by atoms with Gasteiger partial charge in [-0.25, -0.2) is 4.79 Å². The molecule has 0 aliphatic carbocycles. The normalized spacial score (nSPS) is 13.2. The molecule has 0 unspecified atom stereocenters. The van der Waals surface area contributed by atoms with Crippen molar-refractivity contribution in [1.82, 2.24) is 0 Å². The minimum absolute atomic E-state index is 0.0189. The van der Waals surface area contributed by atoms with Crippen LogP contribution in [0.15, 0.2) is 12.1 Å². The Kier molecular flexibility index (Phi) is 4.95. The fraction of sp³-hybridized carbons (Fsp3) is 0.364. The first kappa shape index (κ1) is 15.9. The molecule has 0 radical (unpaired) electrons. The van der Waals surface area contributed by atoms with E-state index in [9.17, 15) is 18.7 Å². The topological polar surface area (TPSA) is 72.5 Å². The zero-order valence-electron chi connectivity index (χ0n) is 9.79. The van der Waals surface area contributed by atoms with Crippen molar-refractivity contribution in [1.29, 1.82) is 0 Å². The predicted octanol–water partition coefficient (Wildman–Crippen LogP) is 2.90. The highest BCUT2D eigenvalue weighted by Gasteiger charge is 2.48. The number of esters is 1. The molecule has 0 bridgehead atoms. The standard InChI is InChI=1S/C11H11Cl2F2NO3/c1-2-19-10(18)11(14,15)9(16)5-3-4-6(12)7(13)8(5)17/h3-4,9,17H,2,16H2,1H3/t9-/m1/s1. The Morgan fingerprint density at radius 2 is 2.11 bits per heavy atom. The van der Waals surface area contributed by atoms with Crippen LogP contribution < -0.4 is 5.73 Å². The van der Waals surface area contributed by atoms with Gasteiger partial charge in [0.05, 0.1) is 11.6 Å². The number of halogens is 4. The summed E-state index contributed by atoms with van der Waals surface area (Å²) in [5, 5.41) is 9.31. The molecule has 1 aromatic carbocycles. The second-order valence-electron chi connectivity index (χ2n) is 3.62. The number of phenols is 1. The largest absolute Gasteiger partial charge is 0.506 e. The van der Waals surface area contributed by atoms with Gasteiger partial charge in [-0.2, -0.15) is 8.78 Å². The summed E-state index contributed by atoms with van der Waals surface area (Å²) < 4.78 is 31.7. The van der Waals surface area contributed by atoms with Gasteiger partial charge in [-0.15, -0.1) is 0 Å². The molecule has 0 fully saturated rings. The minimum Gasteiger partial charge on any atom is -0.506 e. The van der Waals surface area contributed by atoms with Crippen LogP contribution in [0.1, 0.15) is 18.5 Å². The first-order valence-corrected chi connectivity index (χ1v) is 5.96. The highest BCUT2D eigenvalue weighted by molar-refractivity contribution is 6.43. The van der Waals surface area contributed by atoms with Crippen molar-refractivity contribution in [2.45, 2.75) is 18.9 Å². The monoisotopic (exact) mass is 313 g/mol. The van der Waals surface area contributed by atoms with E-state index in [1.165, 1.54) is 13.0 Å². The van der Waals surface area contributed by atoms with Gasteiger partial charge in [0.1, 0.15) is 16.8 Å². The van der Waals surface area contributed by atoms with Crippen LogP contribution in [0.5, 0.6) is 5.75 Å². The number of carbonyl (C=O) groups excluding carboxylic acids is 1. The number of hydrogen-bond acceptors (Lipinski definition) is 4. The smallest absolute Gasteiger partial charge is 0.379 e. The van der Waals surface area contributed by atoms with E-state index in [4.69, 9.17) is 28.9 Å². The number of phenolic OH excluding ortho intramolecular Hbond substituents is 1. The number of ether oxygens (including phenoxy) is 1. The molecule has 0 heterocycles. The molecule has 0 saturated carbocycles. The molecule has 3 N–H and O–H groups in total. The molecule has 1 aromatic rings. The van der Waals surface area contributed by atoms with E-state index in [1.807, 2.05) is 0 Å². The average Bonchev–Trinajstić information content (AvgIpc) is 2.35. The Bertz CT molecular complexity index is 497. The van der Waals surface area contributed by atoms with Gasteiger partial charge >= 0.3 is 11.9 Å². The van der Waals surface area contributed by atoms with E-state index in [-0.39, 0.29) is 16.7 Å². The number of hydrogen-bond donors (Lipinski definition) is 2. The summed E-state index contributed by atoms with van der Waals surface area (Å²) in [6.07, 6.45) is 0. The minimum atomic E-state index is -4.00. The maximum Gasteiger partial charge on any atom is 0.379 e. The van der Waals surface area contributed by atoms with Crippen molar-refractivity contribution in [2.75, 3.05) is 6.61 Å². The quantitative estimate of drug-likeness (QED) is 0.838. The molecular formula is C11H11Cl2F2NO3. The van der Waals surface area contributed by atoms with Crippen LogP contribution in [0.4, 0.5) is 8.78 Å². The SMILES string of the molecule is CCOC(=O)C(F)(F)[C@H](N)c1ccc(Cl)c(Cl)c1O. The molecule has 0 aliphatic heterocycles. The summed E-state index contributed by atoms with van der Waals surface area (Å²) in [6, 6.07) is 0.169. The third kappa shape index (κ3) is 3.08. The van der Waals surface area contributed by atoms with Crippen LogP contribution in [0.3, 0.4) is 0 Å². The van der Waals surface area contributed by atoms with Gasteiger partial charge in [0.15, 0.2) is 0 Å². The van der Waals surface area contributed by atoms with Crippen LogP contribution in [0.25, 0.3) is 0 Å². The number of carbonyl (C=O) groups is 1. The molecule has 0 spiro atoms. The second-order valence-corrected chi connectivity index (χ2v) is 4.41. The fourth-order valence-electron chi connectivity index (χ4n) is 1.36. The second kappa shape index (κ2) is 5.90. The van der Waals surface area contributed by atoms with Crippen molar-refractivity contribution >= 4 is 29.2 Å². The summed E-state index contributed by atoms with van der Waals surface area (Å²) in [5.74, 6) is -6.46. The summed E-state index contributed by atoms with van der Waals surface area (Å²) >= 11 is 11.2. The molecule has 106 valence electrons. The Balaban J connectivity index is 3.16. The van der Waals surface area contributed by atoms with Crippen LogP contribution in [-0.2, 0) is 9.53 Å². The summed E-state index contributed by atoms with van der Waals surface area (Å²) in [4.78, 5) is 11.1. The molecule has 0 aromatic heterocycles. The lowest BCUT2D eigenvalue weighted by Gasteiger charge is -2.22. The maximum absolute atomic E-state index is 13.7. The summed E-state index contributed by atoms with van der Waals surface area (Å²) in [6.45, 7) is 1.17. The van der Waals surface area contributed by atoms with Gasteiger partial charge in [0, 0.05) is 5.56 Å². The van der Waals surface area contributed by atoms with Gasteiger partial charge in [0.2, 0.25) is 0 Å². The molecule has 0 amide bonds. The van der Waals surface area contributed by atoms with Crippen LogP contribution in [0.2, 0.25) is 10.0 Å².